The first-order valence-electron chi connectivity index (χ1n) is 26.2. The predicted octanol–water partition coefficient (Wildman–Crippen LogP) is 3.98. The molecule has 0 bridgehead atoms. The number of nitrogens with one attached hydrogen (secondary N) is 3. The molecule has 0 aromatic heterocycles. The monoisotopic (exact) mass is 1340 g/mol. The zero-order valence-electron chi connectivity index (χ0n) is 49.7. The van der Waals surface area contributed by atoms with E-state index in [-0.39, 0.29) is 5.56 Å². The maximum absolute atomic E-state index is 15.0. The molecule has 1 fully saturated rings. The van der Waals surface area contributed by atoms with Gasteiger partial charge in [-0.3, -0.25) is 52.7 Å². The van der Waals surface area contributed by atoms with Crippen LogP contribution in [-0.2, 0) is 107 Å². The van der Waals surface area contributed by atoms with Gasteiger partial charge in [0.2, 0.25) is 17.9 Å². The molecule has 0 spiro atoms. The smallest absolute Gasteiger partial charge is 0.460 e. The minimum Gasteiger partial charge on any atom is -0.623 e. The van der Waals surface area contributed by atoms with Crippen molar-refractivity contribution in [1.82, 2.24) is 16.0 Å². The molecule has 0 unspecified atom stereocenters. The highest BCUT2D eigenvalue weighted by Crippen LogP contribution is 2.60. The fourth-order valence-electron chi connectivity index (χ4n) is 7.78. The standard InChI is InChI=1S/C52H63F13N4O22/c1-23(70)82-21-34(84-25(3)72)38(91-45-42(89-30(8)77)40(87-28(6)75)37(85-26(4)73)35(90-45)22-83-24(2)71)39(86-27(5)74)41(88-29(7)76)44(80)68-33(18-36(78)67-19-31-12-14-32(15-13-31)20-69(81)46(9,10)11)43(79)66-17-16-47(53,54)48(55,56)49(57,58)50(59,60)51(61,62)52(63,64)65/h12-15,20,33-35,37-42,45H,16-19,21-22H2,1-11H3,(H,66,79)(H,67,78)(H,68,80)/b69-20-/t33-,34+,35+,37-,38+,39-,40-,41+,42+,45-/m0/s1. The summed E-state index contributed by atoms with van der Waals surface area (Å²) in [5, 5.41) is 17.7. The lowest BCUT2D eigenvalue weighted by atomic mass is 9.92. The SMILES string of the molecule is CC(=O)OC[C@H]1O[C@@H](O[C@@H]([C@H](OC(C)=O)[C@@H](OC(C)=O)C(=O)N[C@@H](CC(=O)NCc2ccc(/C=[N+](\[O-])C(C)(C)C)cc2)C(=O)NCCC(F)(F)C(F)(F)C(F)(F)C(F)(F)C(F)(F)C(F)(F)F)[C@@H](COC(C)=O)OC(C)=O)[C@H](OC(C)=O)[C@@H](OC(C)=O)[C@H]1OC(C)=O. The van der Waals surface area contributed by atoms with E-state index < -0.39 is 207 Å². The first-order chi connectivity index (χ1) is 41.4. The van der Waals surface area contributed by atoms with E-state index >= 15 is 0 Å². The largest absolute Gasteiger partial charge is 0.623 e. The molecule has 0 aliphatic carbocycles. The van der Waals surface area contributed by atoms with Crippen LogP contribution in [0, 0.1) is 5.21 Å². The third kappa shape index (κ3) is 21.8. The summed E-state index contributed by atoms with van der Waals surface area (Å²) in [6.45, 7) is 5.56. The van der Waals surface area contributed by atoms with Crippen molar-refractivity contribution in [3.05, 3.63) is 40.6 Å². The van der Waals surface area contributed by atoms with E-state index in [4.69, 9.17) is 47.4 Å². The van der Waals surface area contributed by atoms with Crippen LogP contribution < -0.4 is 16.0 Å². The first kappa shape index (κ1) is 79.0. The third-order valence-corrected chi connectivity index (χ3v) is 12.0. The zero-order valence-corrected chi connectivity index (χ0v) is 49.7. The number of nitrogens with zero attached hydrogens (tertiary/aromatic N) is 1. The van der Waals surface area contributed by atoms with E-state index in [1.54, 1.807) is 26.1 Å². The van der Waals surface area contributed by atoms with Crippen molar-refractivity contribution in [2.75, 3.05) is 19.8 Å². The van der Waals surface area contributed by atoms with Crippen LogP contribution in [0.25, 0.3) is 0 Å². The minimum absolute atomic E-state index is 0.209. The van der Waals surface area contributed by atoms with Gasteiger partial charge in [-0.15, -0.1) is 0 Å². The maximum atomic E-state index is 15.0. The van der Waals surface area contributed by atoms with E-state index in [1.165, 1.54) is 35.8 Å². The Hall–Kier alpha value is -8.13. The number of hydrogen-bond donors (Lipinski definition) is 3. The molecule has 10 atom stereocenters. The molecule has 1 aliphatic heterocycles. The van der Waals surface area contributed by atoms with Crippen molar-refractivity contribution in [1.29, 1.82) is 0 Å². The Morgan fingerprint density at radius 1 is 0.582 bits per heavy atom. The summed E-state index contributed by atoms with van der Waals surface area (Å²) in [5.74, 6) is -55.2. The van der Waals surface area contributed by atoms with Crippen LogP contribution in [0.3, 0.4) is 0 Å². The molecule has 514 valence electrons. The van der Waals surface area contributed by atoms with E-state index in [0.717, 1.165) is 34.6 Å². The van der Waals surface area contributed by atoms with Gasteiger partial charge in [0.05, 0.1) is 6.42 Å². The third-order valence-electron chi connectivity index (χ3n) is 12.0. The molecule has 39 heteroatoms. The highest BCUT2D eigenvalue weighted by atomic mass is 19.4. The Labute approximate surface area is 507 Å². The normalized spacial score (nSPS) is 19.3. The second-order valence-corrected chi connectivity index (χ2v) is 20.7. The van der Waals surface area contributed by atoms with Gasteiger partial charge in [-0.1, -0.05) is 12.1 Å². The van der Waals surface area contributed by atoms with Crippen molar-refractivity contribution < 1.29 is 162 Å². The van der Waals surface area contributed by atoms with Gasteiger partial charge in [-0.25, -0.2) is 4.74 Å². The first-order valence-corrected chi connectivity index (χ1v) is 26.2. The molecular formula is C52H63F13N4O22. The molecular weight excluding hydrogens is 1280 g/mol. The summed E-state index contributed by atoms with van der Waals surface area (Å²) in [7, 11) is 0. The quantitative estimate of drug-likeness (QED) is 0.0186. The van der Waals surface area contributed by atoms with Gasteiger partial charge in [-0.05, 0) is 17.7 Å². The van der Waals surface area contributed by atoms with E-state index in [9.17, 15) is 115 Å². The number of hydrogen-bond acceptors (Lipinski definition) is 22. The molecule has 26 nitrogen and oxygen atoms in total. The molecule has 0 saturated carbocycles. The van der Waals surface area contributed by atoms with Crippen molar-refractivity contribution in [3.63, 3.8) is 0 Å². The van der Waals surface area contributed by atoms with Gasteiger partial charge in [0.25, 0.3) is 5.91 Å². The molecule has 3 amide bonds. The zero-order chi connectivity index (χ0) is 70.3. The summed E-state index contributed by atoms with van der Waals surface area (Å²) in [6, 6.07) is 2.71. The molecule has 2 rings (SSSR count). The second-order valence-electron chi connectivity index (χ2n) is 20.7. The number of alkyl halides is 13. The number of carbonyl (C=O) groups excluding carboxylic acids is 11. The Morgan fingerprint density at radius 3 is 1.55 bits per heavy atom. The topological polar surface area (TPSA) is 342 Å². The van der Waals surface area contributed by atoms with Crippen LogP contribution in [0.4, 0.5) is 57.1 Å². The van der Waals surface area contributed by atoms with Crippen LogP contribution in [0.15, 0.2) is 24.3 Å². The van der Waals surface area contributed by atoms with Gasteiger partial charge < -0.3 is 68.5 Å². The van der Waals surface area contributed by atoms with Crippen LogP contribution in [0.2, 0.25) is 0 Å². The highest BCUT2D eigenvalue weighted by molar-refractivity contribution is 5.94. The molecule has 1 aromatic rings. The van der Waals surface area contributed by atoms with Crippen molar-refractivity contribution in [2.24, 2.45) is 0 Å². The Bertz CT molecular complexity index is 2840. The van der Waals surface area contributed by atoms with Crippen LogP contribution in [0.5, 0.6) is 0 Å². The number of ether oxygens (including phenoxy) is 10. The lowest BCUT2D eigenvalue weighted by Crippen LogP contribution is -2.70. The summed E-state index contributed by atoms with van der Waals surface area (Å²) >= 11 is 0. The van der Waals surface area contributed by atoms with Crippen molar-refractivity contribution in [2.45, 2.75) is 198 Å². The summed E-state index contributed by atoms with van der Waals surface area (Å²) in [6.07, 6.45) is -32.7. The lowest BCUT2D eigenvalue weighted by Gasteiger charge is -2.46. The molecule has 1 aliphatic rings. The van der Waals surface area contributed by atoms with Gasteiger partial charge in [0.1, 0.15) is 31.5 Å². The fourth-order valence-corrected chi connectivity index (χ4v) is 7.78. The molecule has 1 saturated heterocycles. The Kier molecular flexibility index (Phi) is 27.5. The number of carbonyl (C=O) groups is 11. The number of rotatable bonds is 30. The van der Waals surface area contributed by atoms with Gasteiger partial charge >= 0.3 is 83.5 Å². The van der Waals surface area contributed by atoms with Crippen LogP contribution in [0.1, 0.15) is 100 Å². The van der Waals surface area contributed by atoms with Crippen LogP contribution in [-0.4, -0.2) is 199 Å². The number of amides is 3. The fraction of sp³-hybridized carbons (Fsp3) is 0.654. The minimum atomic E-state index is -8.30. The molecule has 1 aromatic carbocycles. The van der Waals surface area contributed by atoms with E-state index in [1.807, 2.05) is 0 Å². The molecule has 3 N–H and O–H groups in total. The number of hydroxylamine groups is 1. The number of benzene rings is 1. The predicted molar refractivity (Wildman–Crippen MR) is 272 cm³/mol. The summed E-state index contributed by atoms with van der Waals surface area (Å²) < 4.78 is 236. The van der Waals surface area contributed by atoms with Crippen molar-refractivity contribution in [3.8, 4) is 0 Å². The average Bonchev–Trinajstić information content (AvgIpc) is 0.718. The van der Waals surface area contributed by atoms with E-state index in [2.05, 4.69) is 5.32 Å². The van der Waals surface area contributed by atoms with Gasteiger partial charge in [0, 0.05) is 101 Å². The van der Waals surface area contributed by atoms with Crippen molar-refractivity contribution >= 4 is 71.7 Å². The maximum Gasteiger partial charge on any atom is 0.460 e. The second kappa shape index (κ2) is 31.7. The number of esters is 8. The molecule has 0 radical (unpaired) electrons. The lowest BCUT2D eigenvalue weighted by molar-refractivity contribution is -0.530. The van der Waals surface area contributed by atoms with E-state index in [0.29, 0.717) is 31.1 Å². The van der Waals surface area contributed by atoms with Gasteiger partial charge in [-0.2, -0.15) is 57.1 Å². The summed E-state index contributed by atoms with van der Waals surface area (Å²) in [4.78, 5) is 143. The Morgan fingerprint density at radius 2 is 1.08 bits per heavy atom. The average molecular weight is 1340 g/mol. The molecule has 91 heavy (non-hydrogen) atoms. The highest BCUT2D eigenvalue weighted by Gasteiger charge is 2.90. The summed E-state index contributed by atoms with van der Waals surface area (Å²) in [5.41, 5.74) is -0.365. The van der Waals surface area contributed by atoms with Crippen LogP contribution >= 0.6 is 0 Å². The Balaban J connectivity index is 2.99. The molecule has 1 heterocycles. The van der Waals surface area contributed by atoms with Gasteiger partial charge in [0.15, 0.2) is 48.6 Å². The number of halogens is 13.